The number of fused-ring (bicyclic) bond motifs is 8. The van der Waals surface area contributed by atoms with Gasteiger partial charge in [0.05, 0.1) is 17.6 Å². The molecule has 0 aromatic heterocycles. The summed E-state index contributed by atoms with van der Waals surface area (Å²) in [5.41, 5.74) is -2.67. The van der Waals surface area contributed by atoms with Crippen molar-refractivity contribution in [3.05, 3.63) is 23.3 Å². The number of ketones is 1. The first-order chi connectivity index (χ1) is 16.3. The third-order valence-corrected chi connectivity index (χ3v) is 11.8. The van der Waals surface area contributed by atoms with Crippen LogP contribution in [0.25, 0.3) is 0 Å². The van der Waals surface area contributed by atoms with E-state index in [1.165, 1.54) is 0 Å². The zero-order valence-electron chi connectivity index (χ0n) is 21.3. The van der Waals surface area contributed by atoms with Gasteiger partial charge in [-0.3, -0.25) is 4.79 Å². The van der Waals surface area contributed by atoms with Gasteiger partial charge in [0.1, 0.15) is 23.4 Å². The van der Waals surface area contributed by atoms with Crippen LogP contribution in [-0.4, -0.2) is 62.7 Å². The first kappa shape index (κ1) is 23.8. The minimum absolute atomic E-state index is 0.0341. The molecule has 192 valence electrons. The van der Waals surface area contributed by atoms with E-state index in [1.54, 1.807) is 19.1 Å². The average Bonchev–Trinajstić information content (AvgIpc) is 3.58. The lowest BCUT2D eigenvalue weighted by atomic mass is 9.43. The van der Waals surface area contributed by atoms with E-state index in [0.717, 1.165) is 5.57 Å². The molecule has 4 aliphatic carbocycles. The van der Waals surface area contributed by atoms with Gasteiger partial charge in [0.2, 0.25) is 0 Å². The van der Waals surface area contributed by atoms with Crippen molar-refractivity contribution in [2.24, 2.45) is 34.5 Å². The summed E-state index contributed by atoms with van der Waals surface area (Å²) in [6.45, 7) is 9.53. The van der Waals surface area contributed by atoms with Crippen LogP contribution in [0, 0.1) is 34.5 Å². The predicted molar refractivity (Wildman–Crippen MR) is 126 cm³/mol. The molecule has 3 saturated carbocycles. The van der Waals surface area contributed by atoms with Crippen molar-refractivity contribution in [3.8, 4) is 0 Å². The number of cyclic esters (lactones) is 1. The van der Waals surface area contributed by atoms with Gasteiger partial charge in [0.25, 0.3) is 0 Å². The monoisotopic (exact) mass is 486 g/mol. The summed E-state index contributed by atoms with van der Waals surface area (Å²) >= 11 is 0. The molecule has 0 spiro atoms. The summed E-state index contributed by atoms with van der Waals surface area (Å²) in [4.78, 5) is 25.7. The molecular formula is C28H38O7. The van der Waals surface area contributed by atoms with Crippen LogP contribution in [-0.2, 0) is 19.1 Å². The van der Waals surface area contributed by atoms with Crippen molar-refractivity contribution >= 4 is 11.8 Å². The van der Waals surface area contributed by atoms with Gasteiger partial charge in [-0.25, -0.2) is 4.79 Å². The Morgan fingerprint density at radius 3 is 2.54 bits per heavy atom. The normalized spacial score (nSPS) is 55.5. The molecule has 6 aliphatic rings. The number of carbonyl (C=O) groups is 2. The Bertz CT molecular complexity index is 1060. The number of rotatable bonds is 2. The molecule has 1 saturated heterocycles. The Balaban J connectivity index is 1.37. The number of aliphatic hydroxyl groups excluding tert-OH is 1. The summed E-state index contributed by atoms with van der Waals surface area (Å²) in [6, 6.07) is 0. The zero-order valence-corrected chi connectivity index (χ0v) is 21.3. The van der Waals surface area contributed by atoms with Gasteiger partial charge in [-0.05, 0) is 70.3 Å². The van der Waals surface area contributed by atoms with Gasteiger partial charge in [-0.15, -0.1) is 0 Å². The molecule has 35 heavy (non-hydrogen) atoms. The average molecular weight is 487 g/mol. The third kappa shape index (κ3) is 2.61. The Kier molecular flexibility index (Phi) is 4.81. The molecule has 2 aliphatic heterocycles. The van der Waals surface area contributed by atoms with E-state index in [2.05, 4.69) is 6.92 Å². The van der Waals surface area contributed by atoms with Gasteiger partial charge < -0.3 is 24.8 Å². The van der Waals surface area contributed by atoms with Crippen LogP contribution in [0.3, 0.4) is 0 Å². The summed E-state index contributed by atoms with van der Waals surface area (Å²) < 4.78 is 11.9. The first-order valence-electron chi connectivity index (χ1n) is 13.2. The minimum atomic E-state index is -1.45. The Hall–Kier alpha value is -1.54. The van der Waals surface area contributed by atoms with Crippen LogP contribution in [0.2, 0.25) is 0 Å². The maximum absolute atomic E-state index is 13.3. The second kappa shape index (κ2) is 7.06. The van der Waals surface area contributed by atoms with Crippen LogP contribution in [0.15, 0.2) is 23.3 Å². The highest BCUT2D eigenvalue weighted by Crippen LogP contribution is 2.72. The fourth-order valence-electron chi connectivity index (χ4n) is 9.33. The Labute approximate surface area is 206 Å². The molecule has 2 heterocycles. The Morgan fingerprint density at radius 2 is 1.86 bits per heavy atom. The van der Waals surface area contributed by atoms with Crippen molar-refractivity contribution in [2.75, 3.05) is 0 Å². The standard InChI is InChI=1S/C28H38O7/c1-13-11-18(34-24(31)14(13)2)15(3)28(33)20(30)12-17-21-16(8-10-25(17,28)4)26(5)19(29)7-6-9-27(26,32)23-22(21)35-23/h6-7,15-18,20-23,30,32-33H,8-12H2,1-5H3/t15-,16+,17+,18?,20-,21-,22+,23+,25+,26+,27+,28-/m1/s1. The van der Waals surface area contributed by atoms with E-state index >= 15 is 0 Å². The molecule has 4 fully saturated rings. The highest BCUT2D eigenvalue weighted by Gasteiger charge is 2.79. The second-order valence-corrected chi connectivity index (χ2v) is 12.8. The van der Waals surface area contributed by atoms with Crippen molar-refractivity contribution < 1.29 is 34.4 Å². The lowest BCUT2D eigenvalue weighted by Crippen LogP contribution is -2.68. The predicted octanol–water partition coefficient (Wildman–Crippen LogP) is 2.47. The molecule has 0 radical (unpaired) electrons. The summed E-state index contributed by atoms with van der Waals surface area (Å²) in [6.07, 6.45) is 3.93. The van der Waals surface area contributed by atoms with E-state index in [0.29, 0.717) is 37.7 Å². The van der Waals surface area contributed by atoms with Crippen molar-refractivity contribution in [1.82, 2.24) is 0 Å². The van der Waals surface area contributed by atoms with Gasteiger partial charge in [0.15, 0.2) is 5.78 Å². The first-order valence-corrected chi connectivity index (χ1v) is 13.2. The fourth-order valence-corrected chi connectivity index (χ4v) is 9.33. The highest BCUT2D eigenvalue weighted by molar-refractivity contribution is 5.97. The maximum Gasteiger partial charge on any atom is 0.333 e. The molecule has 0 aromatic carbocycles. The van der Waals surface area contributed by atoms with Crippen LogP contribution >= 0.6 is 0 Å². The molecule has 0 amide bonds. The van der Waals surface area contributed by atoms with E-state index in [9.17, 15) is 24.9 Å². The Morgan fingerprint density at radius 1 is 1.14 bits per heavy atom. The number of hydrogen-bond acceptors (Lipinski definition) is 7. The summed E-state index contributed by atoms with van der Waals surface area (Å²) in [5.74, 6) is -1.07. The van der Waals surface area contributed by atoms with E-state index in [1.807, 2.05) is 20.8 Å². The van der Waals surface area contributed by atoms with Gasteiger partial charge in [0, 0.05) is 23.3 Å². The largest absolute Gasteiger partial charge is 0.458 e. The van der Waals surface area contributed by atoms with Crippen LogP contribution in [0.1, 0.15) is 66.7 Å². The molecule has 7 heteroatoms. The number of allylic oxidation sites excluding steroid dienone is 1. The fraction of sp³-hybridized carbons (Fsp3) is 0.786. The molecule has 0 aromatic rings. The number of esters is 1. The van der Waals surface area contributed by atoms with Crippen LogP contribution < -0.4 is 0 Å². The number of carbonyl (C=O) groups excluding carboxylic acids is 2. The highest BCUT2D eigenvalue weighted by atomic mass is 16.6. The molecule has 1 unspecified atom stereocenters. The second-order valence-electron chi connectivity index (χ2n) is 12.8. The van der Waals surface area contributed by atoms with E-state index in [-0.39, 0.29) is 35.6 Å². The summed E-state index contributed by atoms with van der Waals surface area (Å²) in [5, 5.41) is 35.5. The molecule has 7 nitrogen and oxygen atoms in total. The number of ether oxygens (including phenoxy) is 2. The van der Waals surface area contributed by atoms with Gasteiger partial charge in [-0.1, -0.05) is 25.5 Å². The SMILES string of the molecule is CC1=C(C)C(=O)OC([C@@H](C)[C@@]2(O)[C@H](O)C[C@H]3[C@@H]4[C@@H]5O[C@@H]5[C@@]5(O)CC=CC(=O)[C@]5(C)[C@H]4CC[C@@]32C)C1. The molecular weight excluding hydrogens is 448 g/mol. The van der Waals surface area contributed by atoms with Gasteiger partial charge >= 0.3 is 5.97 Å². The quantitative estimate of drug-likeness (QED) is 0.406. The van der Waals surface area contributed by atoms with E-state index < -0.39 is 46.3 Å². The molecule has 3 N–H and O–H groups in total. The summed E-state index contributed by atoms with van der Waals surface area (Å²) in [7, 11) is 0. The topological polar surface area (TPSA) is 117 Å². The van der Waals surface area contributed by atoms with Crippen molar-refractivity contribution in [2.45, 2.75) is 102 Å². The maximum atomic E-state index is 13.3. The van der Waals surface area contributed by atoms with Crippen LogP contribution in [0.4, 0.5) is 0 Å². The minimum Gasteiger partial charge on any atom is -0.458 e. The lowest BCUT2D eigenvalue weighted by Gasteiger charge is -2.61. The van der Waals surface area contributed by atoms with Gasteiger partial charge in [-0.2, -0.15) is 0 Å². The third-order valence-electron chi connectivity index (χ3n) is 11.8. The molecule has 6 rings (SSSR count). The van der Waals surface area contributed by atoms with Crippen molar-refractivity contribution in [1.29, 1.82) is 0 Å². The van der Waals surface area contributed by atoms with Crippen LogP contribution in [0.5, 0.6) is 0 Å². The molecule has 12 atom stereocenters. The van der Waals surface area contributed by atoms with E-state index in [4.69, 9.17) is 9.47 Å². The zero-order chi connectivity index (χ0) is 25.3. The number of hydrogen-bond donors (Lipinski definition) is 3. The smallest absolute Gasteiger partial charge is 0.333 e. The lowest BCUT2D eigenvalue weighted by molar-refractivity contribution is -0.216. The molecule has 0 bridgehead atoms. The number of aliphatic hydroxyl groups is 3. The number of epoxide rings is 1. The van der Waals surface area contributed by atoms with Crippen molar-refractivity contribution in [3.63, 3.8) is 0 Å².